The van der Waals surface area contributed by atoms with E-state index in [4.69, 9.17) is 5.11 Å². The number of halogens is 1. The number of carboxylic acid groups (broad SMARTS) is 1. The molecule has 15 heavy (non-hydrogen) atoms. The number of carbonyl (C=O) groups is 1. The van der Waals surface area contributed by atoms with Gasteiger partial charge in [0.05, 0.1) is 0 Å². The molecular weight excluding hydrogens is 258 g/mol. The fourth-order valence-corrected chi connectivity index (χ4v) is 1.73. The van der Waals surface area contributed by atoms with Gasteiger partial charge >= 0.3 is 5.97 Å². The van der Waals surface area contributed by atoms with E-state index in [2.05, 4.69) is 15.9 Å². The monoisotopic (exact) mass is 271 g/mol. The predicted octanol–water partition coefficient (Wildman–Crippen LogP) is 2.75. The number of hydrogen-bond acceptors (Lipinski definition) is 2. The summed E-state index contributed by atoms with van der Waals surface area (Å²) < 4.78 is 0.989. The van der Waals surface area contributed by atoms with Gasteiger partial charge < -0.3 is 10.0 Å². The number of nitrogens with zero attached hydrogens (tertiary/aromatic N) is 1. The zero-order chi connectivity index (χ0) is 11.4. The van der Waals surface area contributed by atoms with E-state index in [0.29, 0.717) is 6.42 Å². The molecule has 0 bridgehead atoms. The standard InChI is InChI=1S/C11H14BrNO2/c1-3-10(11(14)15)13(2)9-6-4-8(12)5-7-9/h4-7,10H,3H2,1-2H3,(H,14,15)/t10-/m0/s1. The van der Waals surface area contributed by atoms with Crippen LogP contribution < -0.4 is 4.90 Å². The summed E-state index contributed by atoms with van der Waals surface area (Å²) in [5.41, 5.74) is 0.910. The molecule has 0 amide bonds. The van der Waals surface area contributed by atoms with Crippen LogP contribution in [-0.4, -0.2) is 24.2 Å². The molecule has 4 heteroatoms. The summed E-state index contributed by atoms with van der Waals surface area (Å²) in [6.45, 7) is 1.87. The van der Waals surface area contributed by atoms with Crippen LogP contribution in [0.25, 0.3) is 0 Å². The van der Waals surface area contributed by atoms with Gasteiger partial charge in [-0.1, -0.05) is 22.9 Å². The van der Waals surface area contributed by atoms with Gasteiger partial charge in [-0.15, -0.1) is 0 Å². The molecule has 0 aromatic heterocycles. The van der Waals surface area contributed by atoms with Crippen LogP contribution in [0.2, 0.25) is 0 Å². The molecule has 0 fully saturated rings. The number of carboxylic acids is 1. The number of benzene rings is 1. The minimum Gasteiger partial charge on any atom is -0.480 e. The van der Waals surface area contributed by atoms with Crippen molar-refractivity contribution in [2.75, 3.05) is 11.9 Å². The number of aliphatic carboxylic acids is 1. The molecule has 1 aromatic carbocycles. The molecule has 0 saturated heterocycles. The predicted molar refractivity (Wildman–Crippen MR) is 64.3 cm³/mol. The third kappa shape index (κ3) is 2.96. The smallest absolute Gasteiger partial charge is 0.326 e. The Kier molecular flexibility index (Phi) is 4.15. The van der Waals surface area contributed by atoms with Crippen molar-refractivity contribution in [3.63, 3.8) is 0 Å². The molecule has 3 nitrogen and oxygen atoms in total. The molecule has 0 aliphatic carbocycles. The van der Waals surface area contributed by atoms with E-state index in [1.165, 1.54) is 0 Å². The lowest BCUT2D eigenvalue weighted by Crippen LogP contribution is -2.37. The van der Waals surface area contributed by atoms with E-state index in [9.17, 15) is 4.79 Å². The second-order valence-corrected chi connectivity index (χ2v) is 4.27. The third-order valence-corrected chi connectivity index (χ3v) is 2.90. The SMILES string of the molecule is CC[C@@H](C(=O)O)N(C)c1ccc(Br)cc1. The normalized spacial score (nSPS) is 12.2. The number of anilines is 1. The molecule has 1 atom stereocenters. The summed E-state index contributed by atoms with van der Waals surface area (Å²) in [7, 11) is 1.80. The van der Waals surface area contributed by atoms with Crippen LogP contribution in [-0.2, 0) is 4.79 Å². The average molecular weight is 272 g/mol. The second-order valence-electron chi connectivity index (χ2n) is 3.35. The number of hydrogen-bond donors (Lipinski definition) is 1. The van der Waals surface area contributed by atoms with Crippen molar-refractivity contribution in [1.82, 2.24) is 0 Å². The molecule has 1 aromatic rings. The van der Waals surface area contributed by atoms with Crippen LogP contribution in [0.3, 0.4) is 0 Å². The first kappa shape index (κ1) is 12.0. The van der Waals surface area contributed by atoms with E-state index in [0.717, 1.165) is 10.2 Å². The largest absolute Gasteiger partial charge is 0.480 e. The fraction of sp³-hybridized carbons (Fsp3) is 0.364. The highest BCUT2D eigenvalue weighted by molar-refractivity contribution is 9.10. The first-order chi connectivity index (χ1) is 7.06. The Balaban J connectivity index is 2.87. The van der Waals surface area contributed by atoms with E-state index < -0.39 is 12.0 Å². The Labute approximate surface area is 97.8 Å². The van der Waals surface area contributed by atoms with Gasteiger partial charge in [0.2, 0.25) is 0 Å². The lowest BCUT2D eigenvalue weighted by molar-refractivity contribution is -0.138. The number of rotatable bonds is 4. The Morgan fingerprint density at radius 2 is 2.00 bits per heavy atom. The first-order valence-corrected chi connectivity index (χ1v) is 5.56. The molecule has 0 heterocycles. The van der Waals surface area contributed by atoms with Crippen LogP contribution in [0.4, 0.5) is 5.69 Å². The van der Waals surface area contributed by atoms with Gasteiger partial charge in [0.25, 0.3) is 0 Å². The molecule has 1 rings (SSSR count). The zero-order valence-electron chi connectivity index (χ0n) is 8.77. The second kappa shape index (κ2) is 5.16. The highest BCUT2D eigenvalue weighted by Gasteiger charge is 2.20. The van der Waals surface area contributed by atoms with Gasteiger partial charge in [0.15, 0.2) is 0 Å². The molecule has 0 radical (unpaired) electrons. The minimum atomic E-state index is -0.789. The Hall–Kier alpha value is -1.03. The minimum absolute atomic E-state index is 0.467. The quantitative estimate of drug-likeness (QED) is 0.916. The number of likely N-dealkylation sites (N-methyl/N-ethyl adjacent to an activating group) is 1. The molecular formula is C11H14BrNO2. The van der Waals surface area contributed by atoms with Gasteiger partial charge in [-0.3, -0.25) is 0 Å². The van der Waals surface area contributed by atoms with Crippen molar-refractivity contribution >= 4 is 27.6 Å². The van der Waals surface area contributed by atoms with Gasteiger partial charge in [-0.05, 0) is 30.7 Å². The molecule has 0 aliphatic heterocycles. The summed E-state index contributed by atoms with van der Waals surface area (Å²) in [6, 6.07) is 7.14. The van der Waals surface area contributed by atoms with Crippen molar-refractivity contribution in [3.8, 4) is 0 Å². The summed E-state index contributed by atoms with van der Waals surface area (Å²) in [6.07, 6.45) is 0.585. The van der Waals surface area contributed by atoms with Gasteiger partial charge in [-0.25, -0.2) is 4.79 Å². The topological polar surface area (TPSA) is 40.5 Å². The highest BCUT2D eigenvalue weighted by Crippen LogP contribution is 2.20. The Morgan fingerprint density at radius 3 is 2.40 bits per heavy atom. The van der Waals surface area contributed by atoms with Crippen molar-refractivity contribution in [3.05, 3.63) is 28.7 Å². The maximum atomic E-state index is 11.0. The van der Waals surface area contributed by atoms with Gasteiger partial charge in [0.1, 0.15) is 6.04 Å². The Morgan fingerprint density at radius 1 is 1.47 bits per heavy atom. The van der Waals surface area contributed by atoms with Crippen molar-refractivity contribution in [2.45, 2.75) is 19.4 Å². The van der Waals surface area contributed by atoms with Crippen LogP contribution in [0.15, 0.2) is 28.7 Å². The van der Waals surface area contributed by atoms with Gasteiger partial charge in [0, 0.05) is 17.2 Å². The molecule has 0 aliphatic rings. The fourth-order valence-electron chi connectivity index (χ4n) is 1.47. The summed E-state index contributed by atoms with van der Waals surface area (Å²) in [5.74, 6) is -0.789. The van der Waals surface area contributed by atoms with Crippen molar-refractivity contribution in [2.24, 2.45) is 0 Å². The maximum absolute atomic E-state index is 11.0. The van der Waals surface area contributed by atoms with E-state index in [1.807, 2.05) is 31.2 Å². The van der Waals surface area contributed by atoms with Crippen LogP contribution >= 0.6 is 15.9 Å². The summed E-state index contributed by atoms with van der Waals surface area (Å²) in [5, 5.41) is 9.01. The first-order valence-electron chi connectivity index (χ1n) is 4.77. The van der Waals surface area contributed by atoms with E-state index >= 15 is 0 Å². The maximum Gasteiger partial charge on any atom is 0.326 e. The molecule has 0 spiro atoms. The molecule has 82 valence electrons. The van der Waals surface area contributed by atoms with Crippen LogP contribution in [0.5, 0.6) is 0 Å². The molecule has 0 saturated carbocycles. The lowest BCUT2D eigenvalue weighted by Gasteiger charge is -2.25. The molecule has 1 N–H and O–H groups in total. The van der Waals surface area contributed by atoms with E-state index in [-0.39, 0.29) is 0 Å². The van der Waals surface area contributed by atoms with Crippen LogP contribution in [0, 0.1) is 0 Å². The Bertz CT molecular complexity index is 337. The van der Waals surface area contributed by atoms with Crippen LogP contribution in [0.1, 0.15) is 13.3 Å². The summed E-state index contributed by atoms with van der Waals surface area (Å²) >= 11 is 3.34. The zero-order valence-corrected chi connectivity index (χ0v) is 10.4. The van der Waals surface area contributed by atoms with E-state index in [1.54, 1.807) is 11.9 Å². The summed E-state index contributed by atoms with van der Waals surface area (Å²) in [4.78, 5) is 12.7. The lowest BCUT2D eigenvalue weighted by atomic mass is 10.2. The van der Waals surface area contributed by atoms with Crippen molar-refractivity contribution < 1.29 is 9.90 Å². The third-order valence-electron chi connectivity index (χ3n) is 2.37. The average Bonchev–Trinajstić information content (AvgIpc) is 2.19. The van der Waals surface area contributed by atoms with Crippen molar-refractivity contribution in [1.29, 1.82) is 0 Å². The van der Waals surface area contributed by atoms with Gasteiger partial charge in [-0.2, -0.15) is 0 Å². The molecule has 0 unspecified atom stereocenters. The highest BCUT2D eigenvalue weighted by atomic mass is 79.9.